The van der Waals surface area contributed by atoms with Crippen LogP contribution in [0, 0.1) is 5.41 Å². The summed E-state index contributed by atoms with van der Waals surface area (Å²) in [5.41, 5.74) is 0.125. The van der Waals surface area contributed by atoms with Crippen LogP contribution in [0.15, 0.2) is 17.5 Å². The fraction of sp³-hybridized carbons (Fsp3) is 0.615. The van der Waals surface area contributed by atoms with Crippen molar-refractivity contribution in [2.75, 3.05) is 12.4 Å². The highest BCUT2D eigenvalue weighted by Crippen LogP contribution is 2.21. The van der Waals surface area contributed by atoms with E-state index in [9.17, 15) is 4.79 Å². The lowest BCUT2D eigenvalue weighted by molar-refractivity contribution is -0.120. The fourth-order valence-electron chi connectivity index (χ4n) is 1.61. The molecule has 1 N–H and O–H groups in total. The Kier molecular flexibility index (Phi) is 6.00. The van der Waals surface area contributed by atoms with Crippen LogP contribution in [0.25, 0.3) is 0 Å². The van der Waals surface area contributed by atoms with Gasteiger partial charge in [0.15, 0.2) is 0 Å². The molecule has 0 saturated heterocycles. The molecule has 0 aromatic carbocycles. The third kappa shape index (κ3) is 6.08. The van der Waals surface area contributed by atoms with E-state index in [4.69, 9.17) is 11.6 Å². The van der Waals surface area contributed by atoms with Gasteiger partial charge in [-0.05, 0) is 29.7 Å². The molecule has 1 heterocycles. The third-order valence-electron chi connectivity index (χ3n) is 2.67. The maximum atomic E-state index is 11.7. The van der Waals surface area contributed by atoms with Crippen molar-refractivity contribution in [3.8, 4) is 0 Å². The second-order valence-electron chi connectivity index (χ2n) is 4.99. The van der Waals surface area contributed by atoms with Crippen LogP contribution in [0.3, 0.4) is 0 Å². The van der Waals surface area contributed by atoms with Crippen molar-refractivity contribution in [3.05, 3.63) is 22.4 Å². The first-order valence-electron chi connectivity index (χ1n) is 5.88. The van der Waals surface area contributed by atoms with Crippen LogP contribution in [0.5, 0.6) is 0 Å². The molecule has 1 amide bonds. The molecule has 96 valence electrons. The first-order chi connectivity index (χ1) is 8.03. The molecule has 4 heteroatoms. The molecule has 0 aliphatic carbocycles. The van der Waals surface area contributed by atoms with Gasteiger partial charge in [0.25, 0.3) is 0 Å². The Morgan fingerprint density at radius 3 is 2.88 bits per heavy atom. The lowest BCUT2D eigenvalue weighted by Crippen LogP contribution is -2.34. The summed E-state index contributed by atoms with van der Waals surface area (Å²) >= 11 is 7.30. The van der Waals surface area contributed by atoms with Crippen LogP contribution in [-0.2, 0) is 11.2 Å². The predicted molar refractivity (Wildman–Crippen MR) is 74.8 cm³/mol. The van der Waals surface area contributed by atoms with E-state index in [0.29, 0.717) is 18.8 Å². The number of carbonyl (C=O) groups excluding carboxylic acids is 1. The van der Waals surface area contributed by atoms with E-state index in [0.717, 1.165) is 17.7 Å². The Morgan fingerprint density at radius 2 is 2.29 bits per heavy atom. The van der Waals surface area contributed by atoms with Gasteiger partial charge in [-0.3, -0.25) is 4.79 Å². The molecule has 17 heavy (non-hydrogen) atoms. The SMILES string of the molecule is CC(C)(CCCCl)CNC(=O)Cc1cccs1. The molecule has 0 radical (unpaired) electrons. The summed E-state index contributed by atoms with van der Waals surface area (Å²) in [6.45, 7) is 5.03. The molecule has 0 bridgehead atoms. The van der Waals surface area contributed by atoms with Crippen molar-refractivity contribution < 1.29 is 4.79 Å². The van der Waals surface area contributed by atoms with Crippen LogP contribution in [0.4, 0.5) is 0 Å². The average molecular weight is 274 g/mol. The van der Waals surface area contributed by atoms with Gasteiger partial charge in [0.2, 0.25) is 5.91 Å². The highest BCUT2D eigenvalue weighted by atomic mass is 35.5. The van der Waals surface area contributed by atoms with Crippen LogP contribution >= 0.6 is 22.9 Å². The smallest absolute Gasteiger partial charge is 0.225 e. The topological polar surface area (TPSA) is 29.1 Å². The highest BCUT2D eigenvalue weighted by molar-refractivity contribution is 7.10. The average Bonchev–Trinajstić information content (AvgIpc) is 2.77. The largest absolute Gasteiger partial charge is 0.355 e. The van der Waals surface area contributed by atoms with Gasteiger partial charge in [-0.1, -0.05) is 19.9 Å². The van der Waals surface area contributed by atoms with E-state index in [1.54, 1.807) is 11.3 Å². The minimum Gasteiger partial charge on any atom is -0.355 e. The van der Waals surface area contributed by atoms with Crippen molar-refractivity contribution >= 4 is 28.8 Å². The molecule has 0 saturated carbocycles. The van der Waals surface area contributed by atoms with Gasteiger partial charge >= 0.3 is 0 Å². The van der Waals surface area contributed by atoms with Crippen LogP contribution in [0.1, 0.15) is 31.6 Å². The number of hydrogen-bond acceptors (Lipinski definition) is 2. The number of halogens is 1. The molecule has 0 spiro atoms. The van der Waals surface area contributed by atoms with E-state index in [1.165, 1.54) is 0 Å². The number of amides is 1. The molecule has 0 unspecified atom stereocenters. The monoisotopic (exact) mass is 273 g/mol. The zero-order chi connectivity index (χ0) is 12.7. The summed E-state index contributed by atoms with van der Waals surface area (Å²) in [6.07, 6.45) is 2.52. The van der Waals surface area contributed by atoms with Gasteiger partial charge in [0.1, 0.15) is 0 Å². The lowest BCUT2D eigenvalue weighted by Gasteiger charge is -2.24. The first kappa shape index (κ1) is 14.5. The zero-order valence-corrected chi connectivity index (χ0v) is 12.0. The molecule has 0 aliphatic rings. The third-order valence-corrected chi connectivity index (χ3v) is 3.81. The fourth-order valence-corrected chi connectivity index (χ4v) is 2.44. The quantitative estimate of drug-likeness (QED) is 0.758. The highest BCUT2D eigenvalue weighted by Gasteiger charge is 2.18. The summed E-state index contributed by atoms with van der Waals surface area (Å²) < 4.78 is 0. The second-order valence-corrected chi connectivity index (χ2v) is 6.40. The Labute approximate surface area is 112 Å². The number of alkyl halides is 1. The minimum atomic E-state index is 0.103. The van der Waals surface area contributed by atoms with E-state index >= 15 is 0 Å². The summed E-state index contributed by atoms with van der Waals surface area (Å²) in [5, 5.41) is 4.99. The van der Waals surface area contributed by atoms with E-state index < -0.39 is 0 Å². The molecule has 1 rings (SSSR count). The zero-order valence-electron chi connectivity index (χ0n) is 10.5. The molecule has 0 atom stereocenters. The minimum absolute atomic E-state index is 0.103. The Hall–Kier alpha value is -0.540. The normalized spacial score (nSPS) is 11.5. The van der Waals surface area contributed by atoms with Crippen molar-refractivity contribution in [2.24, 2.45) is 5.41 Å². The molecule has 0 aliphatic heterocycles. The standard InChI is InChI=1S/C13H20ClNOS/c1-13(2,6-4-7-14)10-15-12(16)9-11-5-3-8-17-11/h3,5,8H,4,6-7,9-10H2,1-2H3,(H,15,16). The van der Waals surface area contributed by atoms with Crippen LogP contribution in [0.2, 0.25) is 0 Å². The van der Waals surface area contributed by atoms with Gasteiger partial charge in [-0.15, -0.1) is 22.9 Å². The summed E-state index contributed by atoms with van der Waals surface area (Å²) in [6, 6.07) is 3.96. The molecule has 1 aromatic rings. The number of carbonyl (C=O) groups is 1. The molecule has 2 nitrogen and oxygen atoms in total. The second kappa shape index (κ2) is 7.02. The summed E-state index contributed by atoms with van der Waals surface area (Å²) in [4.78, 5) is 12.8. The summed E-state index contributed by atoms with van der Waals surface area (Å²) in [5.74, 6) is 0.790. The van der Waals surface area contributed by atoms with Crippen molar-refractivity contribution in [2.45, 2.75) is 33.1 Å². The maximum Gasteiger partial charge on any atom is 0.225 e. The van der Waals surface area contributed by atoms with Gasteiger partial charge in [0, 0.05) is 17.3 Å². The molecular weight excluding hydrogens is 254 g/mol. The first-order valence-corrected chi connectivity index (χ1v) is 7.30. The Bertz CT molecular complexity index is 335. The maximum absolute atomic E-state index is 11.7. The van der Waals surface area contributed by atoms with Gasteiger partial charge < -0.3 is 5.32 Å². The van der Waals surface area contributed by atoms with Crippen molar-refractivity contribution in [3.63, 3.8) is 0 Å². The van der Waals surface area contributed by atoms with E-state index in [-0.39, 0.29) is 11.3 Å². The molecule has 0 fully saturated rings. The van der Waals surface area contributed by atoms with Gasteiger partial charge in [-0.2, -0.15) is 0 Å². The predicted octanol–water partition coefficient (Wildman–Crippen LogP) is 3.45. The number of hydrogen-bond donors (Lipinski definition) is 1. The number of rotatable bonds is 7. The van der Waals surface area contributed by atoms with E-state index in [1.807, 2.05) is 17.5 Å². The Morgan fingerprint density at radius 1 is 1.53 bits per heavy atom. The Balaban J connectivity index is 2.27. The van der Waals surface area contributed by atoms with Gasteiger partial charge in [0.05, 0.1) is 6.42 Å². The van der Waals surface area contributed by atoms with Crippen molar-refractivity contribution in [1.82, 2.24) is 5.32 Å². The number of thiophene rings is 1. The van der Waals surface area contributed by atoms with Gasteiger partial charge in [-0.25, -0.2) is 0 Å². The van der Waals surface area contributed by atoms with Crippen molar-refractivity contribution in [1.29, 1.82) is 0 Å². The van der Waals surface area contributed by atoms with E-state index in [2.05, 4.69) is 19.2 Å². The summed E-state index contributed by atoms with van der Waals surface area (Å²) in [7, 11) is 0. The number of nitrogens with one attached hydrogen (secondary N) is 1. The van der Waals surface area contributed by atoms with Crippen LogP contribution in [-0.4, -0.2) is 18.3 Å². The lowest BCUT2D eigenvalue weighted by atomic mass is 9.88. The molecule has 1 aromatic heterocycles. The molecular formula is C13H20ClNOS. The van der Waals surface area contributed by atoms with Crippen LogP contribution < -0.4 is 5.32 Å².